The van der Waals surface area contributed by atoms with Crippen LogP contribution in [0.4, 0.5) is 11.4 Å². The van der Waals surface area contributed by atoms with Gasteiger partial charge in [-0.25, -0.2) is 4.79 Å². The van der Waals surface area contributed by atoms with Crippen LogP contribution < -0.4 is 11.1 Å². The van der Waals surface area contributed by atoms with E-state index in [-0.39, 0.29) is 6.04 Å². The van der Waals surface area contributed by atoms with Crippen LogP contribution in [0, 0.1) is 0 Å². The summed E-state index contributed by atoms with van der Waals surface area (Å²) in [5, 5.41) is 3.35. The summed E-state index contributed by atoms with van der Waals surface area (Å²) >= 11 is 0. The van der Waals surface area contributed by atoms with Gasteiger partial charge in [0.25, 0.3) is 0 Å². The number of hydrogen-bond acceptors (Lipinski definition) is 4. The topological polar surface area (TPSA) is 64.3 Å². The van der Waals surface area contributed by atoms with Crippen LogP contribution in [0.1, 0.15) is 22.8 Å². The molecular formula is C17H20N2O2. The van der Waals surface area contributed by atoms with Gasteiger partial charge in [-0.05, 0) is 31.0 Å². The highest BCUT2D eigenvalue weighted by Crippen LogP contribution is 2.24. The summed E-state index contributed by atoms with van der Waals surface area (Å²) < 4.78 is 4.73. The van der Waals surface area contributed by atoms with Gasteiger partial charge in [-0.2, -0.15) is 0 Å². The number of hydrogen-bond donors (Lipinski definition) is 2. The molecule has 4 nitrogen and oxygen atoms in total. The van der Waals surface area contributed by atoms with Crippen LogP contribution >= 0.6 is 0 Å². The highest BCUT2D eigenvalue weighted by atomic mass is 16.5. The zero-order chi connectivity index (χ0) is 15.2. The molecule has 0 heterocycles. The summed E-state index contributed by atoms with van der Waals surface area (Å²) in [7, 11) is 1.35. The molecule has 0 amide bonds. The zero-order valence-electron chi connectivity index (χ0n) is 12.3. The maximum Gasteiger partial charge on any atom is 0.340 e. The summed E-state index contributed by atoms with van der Waals surface area (Å²) in [6, 6.07) is 15.7. The number of methoxy groups -OCH3 is 1. The number of benzene rings is 2. The molecule has 0 aliphatic heterocycles. The highest BCUT2D eigenvalue weighted by molar-refractivity contribution is 5.98. The molecule has 2 rings (SSSR count). The van der Waals surface area contributed by atoms with Crippen molar-refractivity contribution in [3.05, 3.63) is 59.7 Å². The van der Waals surface area contributed by atoms with Gasteiger partial charge in [0.1, 0.15) is 0 Å². The van der Waals surface area contributed by atoms with Gasteiger partial charge in [0, 0.05) is 6.04 Å². The Hall–Kier alpha value is -2.49. The predicted molar refractivity (Wildman–Crippen MR) is 85.4 cm³/mol. The lowest BCUT2D eigenvalue weighted by atomic mass is 10.1. The smallest absolute Gasteiger partial charge is 0.340 e. The lowest BCUT2D eigenvalue weighted by Gasteiger charge is -2.18. The lowest BCUT2D eigenvalue weighted by molar-refractivity contribution is 0.0602. The Morgan fingerprint density at radius 2 is 1.90 bits per heavy atom. The van der Waals surface area contributed by atoms with Gasteiger partial charge in [0.15, 0.2) is 0 Å². The maximum absolute atomic E-state index is 11.6. The van der Waals surface area contributed by atoms with Crippen molar-refractivity contribution in [3.63, 3.8) is 0 Å². The van der Waals surface area contributed by atoms with Gasteiger partial charge in [0.2, 0.25) is 0 Å². The van der Waals surface area contributed by atoms with E-state index < -0.39 is 5.97 Å². The molecule has 110 valence electrons. The molecule has 21 heavy (non-hydrogen) atoms. The standard InChI is InChI=1S/C17H20N2O2/c1-12(11-13-7-4-3-5-8-13)19-15-10-6-9-14(16(15)18)17(20)21-2/h3-10,12,19H,11,18H2,1-2H3. The number of rotatable bonds is 5. The van der Waals surface area contributed by atoms with E-state index in [9.17, 15) is 4.79 Å². The molecule has 0 radical (unpaired) electrons. The fourth-order valence-electron chi connectivity index (χ4n) is 2.26. The first-order valence-electron chi connectivity index (χ1n) is 6.89. The Balaban J connectivity index is 2.11. The second kappa shape index (κ2) is 6.79. The molecule has 4 heteroatoms. The van der Waals surface area contributed by atoms with Crippen LogP contribution in [-0.2, 0) is 11.2 Å². The Morgan fingerprint density at radius 3 is 2.57 bits per heavy atom. The Bertz CT molecular complexity index is 611. The van der Waals surface area contributed by atoms with Crippen molar-refractivity contribution in [1.29, 1.82) is 0 Å². The SMILES string of the molecule is COC(=O)c1cccc(NC(C)Cc2ccccc2)c1N. The summed E-state index contributed by atoms with van der Waals surface area (Å²) in [6.07, 6.45) is 0.878. The van der Waals surface area contributed by atoms with E-state index in [0.29, 0.717) is 11.3 Å². The largest absolute Gasteiger partial charge is 0.465 e. The minimum absolute atomic E-state index is 0.197. The van der Waals surface area contributed by atoms with E-state index >= 15 is 0 Å². The van der Waals surface area contributed by atoms with E-state index in [1.165, 1.54) is 12.7 Å². The van der Waals surface area contributed by atoms with E-state index in [4.69, 9.17) is 10.5 Å². The van der Waals surface area contributed by atoms with Crippen molar-refractivity contribution in [1.82, 2.24) is 0 Å². The van der Waals surface area contributed by atoms with E-state index in [0.717, 1.165) is 12.1 Å². The average molecular weight is 284 g/mol. The quantitative estimate of drug-likeness (QED) is 0.654. The minimum atomic E-state index is -0.424. The van der Waals surface area contributed by atoms with Crippen molar-refractivity contribution in [2.24, 2.45) is 0 Å². The highest BCUT2D eigenvalue weighted by Gasteiger charge is 2.14. The van der Waals surface area contributed by atoms with E-state index in [2.05, 4.69) is 24.4 Å². The molecule has 0 bridgehead atoms. The van der Waals surface area contributed by atoms with Crippen LogP contribution in [0.5, 0.6) is 0 Å². The number of nitrogens with two attached hydrogens (primary N) is 1. The summed E-state index contributed by atoms with van der Waals surface area (Å²) in [4.78, 5) is 11.6. The van der Waals surface area contributed by atoms with Crippen molar-refractivity contribution < 1.29 is 9.53 Å². The first-order valence-corrected chi connectivity index (χ1v) is 6.89. The second-order valence-corrected chi connectivity index (χ2v) is 4.99. The lowest BCUT2D eigenvalue weighted by Crippen LogP contribution is -2.19. The number of ether oxygens (including phenoxy) is 1. The fraction of sp³-hybridized carbons (Fsp3) is 0.235. The predicted octanol–water partition coefficient (Wildman–Crippen LogP) is 3.10. The molecule has 1 atom stereocenters. The number of para-hydroxylation sites is 1. The monoisotopic (exact) mass is 284 g/mol. The number of carbonyl (C=O) groups excluding carboxylic acids is 1. The van der Waals surface area contributed by atoms with Gasteiger partial charge in [-0.15, -0.1) is 0 Å². The van der Waals surface area contributed by atoms with Crippen molar-refractivity contribution in [2.45, 2.75) is 19.4 Å². The summed E-state index contributed by atoms with van der Waals surface area (Å²) in [5.74, 6) is -0.424. The number of carbonyl (C=O) groups is 1. The normalized spacial score (nSPS) is 11.7. The van der Waals surface area contributed by atoms with Crippen molar-refractivity contribution in [3.8, 4) is 0 Å². The van der Waals surface area contributed by atoms with Crippen molar-refractivity contribution >= 4 is 17.3 Å². The van der Waals surface area contributed by atoms with Crippen molar-refractivity contribution in [2.75, 3.05) is 18.2 Å². The molecule has 0 saturated heterocycles. The van der Waals surface area contributed by atoms with Crippen LogP contribution in [-0.4, -0.2) is 19.1 Å². The molecule has 0 aromatic heterocycles. The van der Waals surface area contributed by atoms with Crippen LogP contribution in [0.15, 0.2) is 48.5 Å². The first kappa shape index (κ1) is 14.9. The van der Waals surface area contributed by atoms with E-state index in [1.54, 1.807) is 12.1 Å². The van der Waals surface area contributed by atoms with Crippen LogP contribution in [0.25, 0.3) is 0 Å². The van der Waals surface area contributed by atoms with Gasteiger partial charge >= 0.3 is 5.97 Å². The third-order valence-corrected chi connectivity index (χ3v) is 3.30. The molecule has 3 N–H and O–H groups in total. The molecular weight excluding hydrogens is 264 g/mol. The number of esters is 1. The Labute approximate surface area is 124 Å². The van der Waals surface area contributed by atoms with Gasteiger partial charge in [0.05, 0.1) is 24.0 Å². The number of nitrogens with one attached hydrogen (secondary N) is 1. The average Bonchev–Trinajstić information content (AvgIpc) is 2.49. The maximum atomic E-state index is 11.6. The molecule has 2 aromatic carbocycles. The second-order valence-electron chi connectivity index (χ2n) is 4.99. The van der Waals surface area contributed by atoms with Crippen LogP contribution in [0.3, 0.4) is 0 Å². The fourth-order valence-corrected chi connectivity index (χ4v) is 2.26. The molecule has 0 spiro atoms. The molecule has 0 fully saturated rings. The van der Waals surface area contributed by atoms with Gasteiger partial charge in [-0.1, -0.05) is 36.4 Å². The number of nitrogen functional groups attached to an aromatic ring is 1. The Kier molecular flexibility index (Phi) is 4.82. The number of anilines is 2. The zero-order valence-corrected chi connectivity index (χ0v) is 12.3. The van der Waals surface area contributed by atoms with Crippen LogP contribution in [0.2, 0.25) is 0 Å². The Morgan fingerprint density at radius 1 is 1.19 bits per heavy atom. The third kappa shape index (κ3) is 3.75. The molecule has 0 aliphatic rings. The van der Waals surface area contributed by atoms with Gasteiger partial charge in [-0.3, -0.25) is 0 Å². The molecule has 1 unspecified atom stereocenters. The summed E-state index contributed by atoms with van der Waals surface area (Å²) in [5.41, 5.74) is 8.84. The molecule has 0 saturated carbocycles. The van der Waals surface area contributed by atoms with E-state index in [1.807, 2.05) is 24.3 Å². The molecule has 0 aliphatic carbocycles. The first-order chi connectivity index (χ1) is 10.1. The van der Waals surface area contributed by atoms with Gasteiger partial charge < -0.3 is 15.8 Å². The molecule has 2 aromatic rings. The minimum Gasteiger partial charge on any atom is -0.465 e. The third-order valence-electron chi connectivity index (χ3n) is 3.30. The summed E-state index contributed by atoms with van der Waals surface area (Å²) in [6.45, 7) is 2.08.